The van der Waals surface area contributed by atoms with Crippen molar-refractivity contribution in [1.82, 2.24) is 24.1 Å². The standard InChI is InChI=1S/C16H19N5O2S2/c1-11-5-3-4-6-14(11)25(22,23)20-9-7-13(8-10-20)15-19-21-12(2)17-18-16(21)24-15/h3-6,13H,7-10H2,1-2H3. The molecule has 132 valence electrons. The van der Waals surface area contributed by atoms with Crippen LogP contribution >= 0.6 is 11.3 Å². The van der Waals surface area contributed by atoms with Gasteiger partial charge in [0.15, 0.2) is 5.82 Å². The van der Waals surface area contributed by atoms with E-state index in [1.165, 1.54) is 0 Å². The van der Waals surface area contributed by atoms with E-state index < -0.39 is 10.0 Å². The molecule has 1 aliphatic heterocycles. The summed E-state index contributed by atoms with van der Waals surface area (Å²) in [6, 6.07) is 7.15. The predicted octanol–water partition coefficient (Wildman–Crippen LogP) is 2.37. The maximum absolute atomic E-state index is 12.9. The molecule has 0 atom stereocenters. The first-order chi connectivity index (χ1) is 12.0. The second-order valence-corrected chi connectivity index (χ2v) is 9.22. The van der Waals surface area contributed by atoms with Gasteiger partial charge in [-0.05, 0) is 38.3 Å². The fourth-order valence-electron chi connectivity index (χ4n) is 3.22. The van der Waals surface area contributed by atoms with Crippen molar-refractivity contribution in [2.75, 3.05) is 13.1 Å². The van der Waals surface area contributed by atoms with Crippen LogP contribution in [0.2, 0.25) is 0 Å². The SMILES string of the molecule is Cc1ccccc1S(=O)(=O)N1CCC(c2nn3c(C)nnc3s2)CC1. The van der Waals surface area contributed by atoms with E-state index in [0.29, 0.717) is 18.0 Å². The minimum atomic E-state index is -3.43. The number of fused-ring (bicyclic) bond motifs is 1. The fraction of sp³-hybridized carbons (Fsp3) is 0.438. The van der Waals surface area contributed by atoms with Gasteiger partial charge in [-0.2, -0.15) is 13.9 Å². The number of aromatic nitrogens is 4. The molecular weight excluding hydrogens is 358 g/mol. The molecule has 1 aromatic carbocycles. The Morgan fingerprint density at radius 1 is 1.12 bits per heavy atom. The normalized spacial score (nSPS) is 17.4. The Balaban J connectivity index is 1.52. The summed E-state index contributed by atoms with van der Waals surface area (Å²) in [5, 5.41) is 13.7. The first-order valence-electron chi connectivity index (χ1n) is 8.21. The Morgan fingerprint density at radius 2 is 1.84 bits per heavy atom. The van der Waals surface area contributed by atoms with E-state index in [0.717, 1.165) is 34.2 Å². The number of benzene rings is 1. The van der Waals surface area contributed by atoms with Gasteiger partial charge in [0.25, 0.3) is 0 Å². The molecular formula is C16H19N5O2S2. The molecule has 0 bridgehead atoms. The van der Waals surface area contributed by atoms with Crippen molar-refractivity contribution in [2.45, 2.75) is 37.5 Å². The van der Waals surface area contributed by atoms with Crippen LogP contribution in [0, 0.1) is 13.8 Å². The zero-order valence-corrected chi connectivity index (χ0v) is 15.7. The van der Waals surface area contributed by atoms with E-state index >= 15 is 0 Å². The van der Waals surface area contributed by atoms with Gasteiger partial charge in [0.1, 0.15) is 5.01 Å². The Morgan fingerprint density at radius 3 is 2.52 bits per heavy atom. The highest BCUT2D eigenvalue weighted by atomic mass is 32.2. The van der Waals surface area contributed by atoms with Crippen LogP contribution in [-0.2, 0) is 10.0 Å². The van der Waals surface area contributed by atoms with Crippen molar-refractivity contribution in [3.05, 3.63) is 40.7 Å². The molecule has 2 aromatic heterocycles. The molecule has 25 heavy (non-hydrogen) atoms. The Labute approximate surface area is 150 Å². The fourth-order valence-corrected chi connectivity index (χ4v) is 5.97. The van der Waals surface area contributed by atoms with Gasteiger partial charge in [0.05, 0.1) is 4.90 Å². The van der Waals surface area contributed by atoms with Gasteiger partial charge < -0.3 is 0 Å². The van der Waals surface area contributed by atoms with Gasteiger partial charge in [-0.1, -0.05) is 29.5 Å². The number of sulfonamides is 1. The maximum atomic E-state index is 12.9. The van der Waals surface area contributed by atoms with Gasteiger partial charge in [-0.25, -0.2) is 8.42 Å². The highest BCUT2D eigenvalue weighted by Crippen LogP contribution is 2.33. The van der Waals surface area contributed by atoms with Crippen LogP contribution in [0.3, 0.4) is 0 Å². The minimum absolute atomic E-state index is 0.273. The summed E-state index contributed by atoms with van der Waals surface area (Å²) in [6.07, 6.45) is 1.54. The number of rotatable bonds is 3. The predicted molar refractivity (Wildman–Crippen MR) is 95.3 cm³/mol. The molecule has 4 rings (SSSR count). The average Bonchev–Trinajstić information content (AvgIpc) is 3.18. The van der Waals surface area contributed by atoms with Gasteiger partial charge >= 0.3 is 0 Å². The molecule has 1 saturated heterocycles. The minimum Gasteiger partial charge on any atom is -0.207 e. The van der Waals surface area contributed by atoms with Crippen LogP contribution < -0.4 is 0 Å². The molecule has 0 amide bonds. The molecule has 0 radical (unpaired) electrons. The topological polar surface area (TPSA) is 80.5 Å². The number of hydrogen-bond donors (Lipinski definition) is 0. The lowest BCUT2D eigenvalue weighted by Gasteiger charge is -2.30. The van der Waals surface area contributed by atoms with Gasteiger partial charge in [0.2, 0.25) is 15.0 Å². The van der Waals surface area contributed by atoms with Gasteiger partial charge in [-0.3, -0.25) is 0 Å². The first kappa shape index (κ1) is 16.6. The molecule has 0 unspecified atom stereocenters. The summed E-state index contributed by atoms with van der Waals surface area (Å²) in [7, 11) is -3.43. The van der Waals surface area contributed by atoms with Crippen LogP contribution in [0.25, 0.3) is 4.96 Å². The van der Waals surface area contributed by atoms with Crippen LogP contribution in [0.4, 0.5) is 0 Å². The lowest BCUT2D eigenvalue weighted by atomic mass is 9.99. The Bertz CT molecular complexity index is 1020. The highest BCUT2D eigenvalue weighted by Gasteiger charge is 2.32. The average molecular weight is 377 g/mol. The maximum Gasteiger partial charge on any atom is 0.243 e. The van der Waals surface area contributed by atoms with Crippen molar-refractivity contribution in [1.29, 1.82) is 0 Å². The van der Waals surface area contributed by atoms with E-state index in [-0.39, 0.29) is 5.92 Å². The summed E-state index contributed by atoms with van der Waals surface area (Å²) in [4.78, 5) is 1.20. The third-order valence-electron chi connectivity index (χ3n) is 4.68. The molecule has 1 aliphatic rings. The summed E-state index contributed by atoms with van der Waals surface area (Å²) in [6.45, 7) is 4.74. The van der Waals surface area contributed by atoms with Gasteiger partial charge in [-0.15, -0.1) is 10.2 Å². The van der Waals surface area contributed by atoms with Crippen LogP contribution in [0.1, 0.15) is 35.2 Å². The summed E-state index contributed by atoms with van der Waals surface area (Å²) < 4.78 is 29.1. The van der Waals surface area contributed by atoms with Crippen molar-refractivity contribution in [3.8, 4) is 0 Å². The summed E-state index contributed by atoms with van der Waals surface area (Å²) in [5.74, 6) is 1.05. The quantitative estimate of drug-likeness (QED) is 0.700. The number of nitrogens with zero attached hydrogens (tertiary/aromatic N) is 5. The van der Waals surface area contributed by atoms with E-state index in [9.17, 15) is 8.42 Å². The number of aryl methyl sites for hydroxylation is 2. The third-order valence-corrected chi connectivity index (χ3v) is 7.80. The van der Waals surface area contributed by atoms with E-state index in [2.05, 4.69) is 15.3 Å². The Kier molecular flexibility index (Phi) is 4.09. The first-order valence-corrected chi connectivity index (χ1v) is 10.5. The van der Waals surface area contributed by atoms with E-state index in [1.54, 1.807) is 32.3 Å². The van der Waals surface area contributed by atoms with Crippen molar-refractivity contribution < 1.29 is 8.42 Å². The lowest BCUT2D eigenvalue weighted by Crippen LogP contribution is -2.38. The van der Waals surface area contributed by atoms with E-state index in [4.69, 9.17) is 0 Å². The Hall–Kier alpha value is -1.84. The number of piperidine rings is 1. The molecule has 1 fully saturated rings. The van der Waals surface area contributed by atoms with E-state index in [1.807, 2.05) is 26.0 Å². The van der Waals surface area contributed by atoms with Crippen LogP contribution in [0.5, 0.6) is 0 Å². The van der Waals surface area contributed by atoms with Crippen molar-refractivity contribution in [2.24, 2.45) is 0 Å². The van der Waals surface area contributed by atoms with Crippen LogP contribution in [0.15, 0.2) is 29.2 Å². The number of hydrogen-bond acceptors (Lipinski definition) is 6. The summed E-state index contributed by atoms with van der Waals surface area (Å²) >= 11 is 1.54. The van der Waals surface area contributed by atoms with Gasteiger partial charge in [0, 0.05) is 19.0 Å². The largest absolute Gasteiger partial charge is 0.243 e. The van der Waals surface area contributed by atoms with Crippen molar-refractivity contribution >= 4 is 26.3 Å². The second-order valence-electron chi connectivity index (χ2n) is 6.33. The molecule has 0 saturated carbocycles. The summed E-state index contributed by atoms with van der Waals surface area (Å²) in [5.41, 5.74) is 0.786. The highest BCUT2D eigenvalue weighted by molar-refractivity contribution is 7.89. The monoisotopic (exact) mass is 377 g/mol. The van der Waals surface area contributed by atoms with Crippen LogP contribution in [-0.4, -0.2) is 45.6 Å². The molecule has 3 aromatic rings. The molecule has 7 nitrogen and oxygen atoms in total. The smallest absolute Gasteiger partial charge is 0.207 e. The molecule has 0 aliphatic carbocycles. The molecule has 0 N–H and O–H groups in total. The lowest BCUT2D eigenvalue weighted by molar-refractivity contribution is 0.318. The molecule has 0 spiro atoms. The molecule has 3 heterocycles. The molecule has 9 heteroatoms. The zero-order chi connectivity index (χ0) is 17.6. The van der Waals surface area contributed by atoms with Crippen molar-refractivity contribution in [3.63, 3.8) is 0 Å². The second kappa shape index (κ2) is 6.15. The zero-order valence-electron chi connectivity index (χ0n) is 14.1. The third kappa shape index (κ3) is 2.86.